The summed E-state index contributed by atoms with van der Waals surface area (Å²) in [6.07, 6.45) is 5.11. The van der Waals surface area contributed by atoms with Gasteiger partial charge in [0.1, 0.15) is 0 Å². The summed E-state index contributed by atoms with van der Waals surface area (Å²) < 4.78 is 0. The van der Waals surface area contributed by atoms with Crippen LogP contribution in [-0.2, 0) is 0 Å². The van der Waals surface area contributed by atoms with E-state index in [1.165, 1.54) is 38.8 Å². The molecule has 2 aliphatic heterocycles. The zero-order chi connectivity index (χ0) is 14.5. The first-order chi connectivity index (χ1) is 9.56. The lowest BCUT2D eigenvalue weighted by molar-refractivity contribution is 0.143. The predicted molar refractivity (Wildman–Crippen MR) is 85.9 cm³/mol. The van der Waals surface area contributed by atoms with E-state index >= 15 is 0 Å². The van der Waals surface area contributed by atoms with E-state index in [0.717, 1.165) is 31.5 Å². The van der Waals surface area contributed by atoms with Crippen molar-refractivity contribution in [1.82, 2.24) is 9.80 Å². The molecule has 0 bridgehead atoms. The minimum absolute atomic E-state index is 0.655. The van der Waals surface area contributed by atoms with Gasteiger partial charge in [-0.2, -0.15) is 0 Å². The largest absolute Gasteiger partial charge is 0.370 e. The van der Waals surface area contributed by atoms with Gasteiger partial charge in [0.15, 0.2) is 5.96 Å². The second-order valence-corrected chi connectivity index (χ2v) is 6.97. The van der Waals surface area contributed by atoms with Gasteiger partial charge in [-0.1, -0.05) is 6.92 Å². The maximum atomic E-state index is 6.17. The number of rotatable bonds is 3. The molecule has 0 aromatic heterocycles. The third kappa shape index (κ3) is 4.37. The number of hydrogen-bond donors (Lipinski definition) is 1. The fourth-order valence-electron chi connectivity index (χ4n) is 3.28. The van der Waals surface area contributed by atoms with Crippen LogP contribution in [0.3, 0.4) is 0 Å². The third-order valence-electron chi connectivity index (χ3n) is 4.90. The number of nitrogens with two attached hydrogens (primary N) is 1. The molecule has 0 saturated carbocycles. The second kappa shape index (κ2) is 7.30. The van der Waals surface area contributed by atoms with Crippen molar-refractivity contribution in [2.75, 3.05) is 32.7 Å². The van der Waals surface area contributed by atoms with Gasteiger partial charge in [-0.05, 0) is 57.9 Å². The summed E-state index contributed by atoms with van der Waals surface area (Å²) in [6.45, 7) is 12.4. The molecular weight excluding hydrogens is 248 g/mol. The van der Waals surface area contributed by atoms with Crippen LogP contribution in [0.4, 0.5) is 0 Å². The summed E-state index contributed by atoms with van der Waals surface area (Å²) >= 11 is 0. The quantitative estimate of drug-likeness (QED) is 0.636. The van der Waals surface area contributed by atoms with Gasteiger partial charge in [0.25, 0.3) is 0 Å². The molecule has 1 atom stereocenters. The Balaban J connectivity index is 1.79. The van der Waals surface area contributed by atoms with Crippen LogP contribution in [0.25, 0.3) is 0 Å². The molecule has 0 amide bonds. The lowest BCUT2D eigenvalue weighted by Gasteiger charge is -2.35. The molecule has 0 spiro atoms. The summed E-state index contributed by atoms with van der Waals surface area (Å²) in [5.41, 5.74) is 6.17. The van der Waals surface area contributed by atoms with Gasteiger partial charge >= 0.3 is 0 Å². The summed E-state index contributed by atoms with van der Waals surface area (Å²) in [6, 6.07) is 0.655. The van der Waals surface area contributed by atoms with E-state index in [1.54, 1.807) is 0 Å². The lowest BCUT2D eigenvalue weighted by atomic mass is 9.97. The van der Waals surface area contributed by atoms with E-state index in [1.807, 2.05) is 0 Å². The summed E-state index contributed by atoms with van der Waals surface area (Å²) in [7, 11) is 0. The first-order valence-electron chi connectivity index (χ1n) is 8.35. The maximum Gasteiger partial charge on any atom is 0.191 e. The van der Waals surface area contributed by atoms with Crippen LogP contribution in [0.1, 0.15) is 46.5 Å². The van der Waals surface area contributed by atoms with Gasteiger partial charge in [0.2, 0.25) is 0 Å². The average Bonchev–Trinajstić information content (AvgIpc) is 2.46. The average molecular weight is 280 g/mol. The number of aliphatic imine (C=N–C) groups is 1. The molecule has 2 rings (SSSR count). The van der Waals surface area contributed by atoms with Crippen molar-refractivity contribution in [1.29, 1.82) is 0 Å². The van der Waals surface area contributed by atoms with Crippen LogP contribution in [0, 0.1) is 11.8 Å². The fraction of sp³-hybridized carbons (Fsp3) is 0.938. The van der Waals surface area contributed by atoms with Crippen LogP contribution < -0.4 is 5.73 Å². The molecule has 4 nitrogen and oxygen atoms in total. The Morgan fingerprint density at radius 1 is 1.20 bits per heavy atom. The van der Waals surface area contributed by atoms with E-state index in [-0.39, 0.29) is 0 Å². The van der Waals surface area contributed by atoms with Crippen molar-refractivity contribution in [3.63, 3.8) is 0 Å². The molecule has 2 saturated heterocycles. The molecule has 2 N–H and O–H groups in total. The fourth-order valence-corrected chi connectivity index (χ4v) is 3.28. The van der Waals surface area contributed by atoms with Gasteiger partial charge in [-0.15, -0.1) is 0 Å². The highest BCUT2D eigenvalue weighted by molar-refractivity contribution is 5.78. The van der Waals surface area contributed by atoms with Crippen LogP contribution in [0.5, 0.6) is 0 Å². The van der Waals surface area contributed by atoms with Crippen LogP contribution >= 0.6 is 0 Å². The SMILES string of the molecule is CC1CCN(C(N)=NC[C@@H]2CCCN(C(C)C)C2)CC1. The Bertz CT molecular complexity index is 318. The van der Waals surface area contributed by atoms with E-state index in [4.69, 9.17) is 5.73 Å². The minimum Gasteiger partial charge on any atom is -0.370 e. The Morgan fingerprint density at radius 2 is 1.90 bits per heavy atom. The Labute approximate surface area is 124 Å². The van der Waals surface area contributed by atoms with Crippen molar-refractivity contribution in [3.8, 4) is 0 Å². The molecule has 2 aliphatic rings. The Morgan fingerprint density at radius 3 is 2.55 bits per heavy atom. The highest BCUT2D eigenvalue weighted by atomic mass is 15.3. The zero-order valence-corrected chi connectivity index (χ0v) is 13.5. The number of hydrogen-bond acceptors (Lipinski definition) is 2. The minimum atomic E-state index is 0.655. The van der Waals surface area contributed by atoms with Crippen molar-refractivity contribution in [2.45, 2.75) is 52.5 Å². The topological polar surface area (TPSA) is 44.9 Å². The van der Waals surface area contributed by atoms with Crippen LogP contribution in [0.15, 0.2) is 4.99 Å². The van der Waals surface area contributed by atoms with E-state index in [9.17, 15) is 0 Å². The molecule has 0 unspecified atom stereocenters. The van der Waals surface area contributed by atoms with Gasteiger partial charge < -0.3 is 15.5 Å². The normalized spacial score (nSPS) is 27.3. The molecular formula is C16H32N4. The third-order valence-corrected chi connectivity index (χ3v) is 4.90. The van der Waals surface area contributed by atoms with Gasteiger partial charge in [-0.25, -0.2) is 0 Å². The van der Waals surface area contributed by atoms with E-state index in [0.29, 0.717) is 12.0 Å². The Hall–Kier alpha value is -0.770. The number of likely N-dealkylation sites (tertiary alicyclic amines) is 2. The standard InChI is InChI=1S/C16H32N4/c1-13(2)20-8-4-5-15(12-20)11-18-16(17)19-9-6-14(3)7-10-19/h13-15H,4-12H2,1-3H3,(H2,17,18)/t15-/m0/s1. The second-order valence-electron chi connectivity index (χ2n) is 6.97. The number of nitrogens with zero attached hydrogens (tertiary/aromatic N) is 3. The highest BCUT2D eigenvalue weighted by Gasteiger charge is 2.22. The molecule has 20 heavy (non-hydrogen) atoms. The van der Waals surface area contributed by atoms with Crippen LogP contribution in [0.2, 0.25) is 0 Å². The summed E-state index contributed by atoms with van der Waals surface area (Å²) in [5.74, 6) is 2.31. The van der Waals surface area contributed by atoms with E-state index in [2.05, 4.69) is 35.6 Å². The number of piperidine rings is 2. The van der Waals surface area contributed by atoms with Crippen LogP contribution in [-0.4, -0.2) is 54.5 Å². The molecule has 0 aliphatic carbocycles. The van der Waals surface area contributed by atoms with Crippen molar-refractivity contribution >= 4 is 5.96 Å². The van der Waals surface area contributed by atoms with Crippen molar-refractivity contribution < 1.29 is 0 Å². The molecule has 2 heterocycles. The molecule has 116 valence electrons. The summed E-state index contributed by atoms with van der Waals surface area (Å²) in [5, 5.41) is 0. The zero-order valence-electron chi connectivity index (χ0n) is 13.5. The molecule has 0 radical (unpaired) electrons. The number of guanidine groups is 1. The maximum absolute atomic E-state index is 6.17. The molecule has 0 aromatic rings. The monoisotopic (exact) mass is 280 g/mol. The first kappa shape index (κ1) is 15.6. The van der Waals surface area contributed by atoms with Crippen molar-refractivity contribution in [2.24, 2.45) is 22.6 Å². The van der Waals surface area contributed by atoms with Crippen molar-refractivity contribution in [3.05, 3.63) is 0 Å². The predicted octanol–water partition coefficient (Wildman–Crippen LogP) is 2.15. The first-order valence-corrected chi connectivity index (χ1v) is 8.35. The van der Waals surface area contributed by atoms with Gasteiger partial charge in [0.05, 0.1) is 0 Å². The highest BCUT2D eigenvalue weighted by Crippen LogP contribution is 2.19. The lowest BCUT2D eigenvalue weighted by Crippen LogP contribution is -2.44. The smallest absolute Gasteiger partial charge is 0.191 e. The Kier molecular flexibility index (Phi) is 5.70. The molecule has 4 heteroatoms. The molecule has 2 fully saturated rings. The molecule has 0 aromatic carbocycles. The van der Waals surface area contributed by atoms with E-state index < -0.39 is 0 Å². The van der Waals surface area contributed by atoms with Gasteiger partial charge in [0, 0.05) is 32.2 Å². The summed E-state index contributed by atoms with van der Waals surface area (Å²) in [4.78, 5) is 9.52. The van der Waals surface area contributed by atoms with Gasteiger partial charge in [-0.3, -0.25) is 4.99 Å².